The number of fused-ring (bicyclic) bond motifs is 9. The number of para-hydroxylation sites is 2. The number of anilines is 5. The minimum atomic E-state index is 0.00803. The second kappa shape index (κ2) is 10.4. The molecule has 0 bridgehead atoms. The standard InChI is InChI=1S/C48H29BN2O/c1-3-12-30(13-4-1)32-24-26-40-38(28-32)35-17-9-20-42-46(35)49-47-36(39-29-33(25-27-41(39)51(40)49)31-14-5-2-6-15-31)18-10-21-43(47)50(42)44-22-11-19-37-34-16-7-8-23-45(34)52-48(37)44/h1-29H. The second-order valence-electron chi connectivity index (χ2n) is 14.0. The zero-order valence-electron chi connectivity index (χ0n) is 28.1. The van der Waals surface area contributed by atoms with Gasteiger partial charge in [0.05, 0.1) is 5.69 Å². The average Bonchev–Trinajstić information content (AvgIpc) is 3.60. The van der Waals surface area contributed by atoms with Crippen LogP contribution in [0, 0.1) is 0 Å². The number of hydrogen-bond acceptors (Lipinski definition) is 3. The van der Waals surface area contributed by atoms with E-state index in [0.29, 0.717) is 0 Å². The molecule has 1 aromatic heterocycles. The van der Waals surface area contributed by atoms with Gasteiger partial charge in [-0.2, -0.15) is 0 Å². The summed E-state index contributed by atoms with van der Waals surface area (Å²) in [6.45, 7) is 0.00803. The minimum absolute atomic E-state index is 0.00803. The van der Waals surface area contributed by atoms with Crippen LogP contribution in [-0.2, 0) is 0 Å². The number of benzene rings is 8. The molecule has 0 unspecified atom stereocenters. The van der Waals surface area contributed by atoms with Gasteiger partial charge in [-0.15, -0.1) is 0 Å². The third kappa shape index (κ3) is 3.71. The molecule has 0 N–H and O–H groups in total. The molecule has 0 spiro atoms. The van der Waals surface area contributed by atoms with Crippen molar-refractivity contribution in [2.75, 3.05) is 9.71 Å². The number of rotatable bonds is 3. The zero-order valence-corrected chi connectivity index (χ0v) is 28.1. The van der Waals surface area contributed by atoms with Crippen molar-refractivity contribution >= 4 is 68.1 Å². The molecule has 8 aromatic carbocycles. The van der Waals surface area contributed by atoms with Crippen molar-refractivity contribution < 1.29 is 4.42 Å². The Hall–Kier alpha value is -6.78. The van der Waals surface area contributed by atoms with Crippen LogP contribution in [0.4, 0.5) is 28.4 Å². The van der Waals surface area contributed by atoms with Crippen LogP contribution in [0.2, 0.25) is 0 Å². The van der Waals surface area contributed by atoms with Crippen LogP contribution in [0.5, 0.6) is 0 Å². The van der Waals surface area contributed by atoms with Crippen LogP contribution in [0.25, 0.3) is 66.4 Å². The van der Waals surface area contributed by atoms with E-state index in [1.807, 2.05) is 6.07 Å². The van der Waals surface area contributed by atoms with Crippen molar-refractivity contribution in [1.82, 2.24) is 0 Å². The third-order valence-electron chi connectivity index (χ3n) is 11.4. The van der Waals surface area contributed by atoms with E-state index in [9.17, 15) is 0 Å². The van der Waals surface area contributed by atoms with E-state index < -0.39 is 0 Å². The Morgan fingerprint density at radius 1 is 0.365 bits per heavy atom. The summed E-state index contributed by atoms with van der Waals surface area (Å²) in [6.07, 6.45) is 0. The second-order valence-corrected chi connectivity index (χ2v) is 14.0. The quantitative estimate of drug-likeness (QED) is 0.176. The molecule has 0 saturated carbocycles. The number of nitrogens with zero attached hydrogens (tertiary/aromatic N) is 2. The molecule has 0 amide bonds. The first-order valence-electron chi connectivity index (χ1n) is 18.0. The smallest absolute Gasteiger partial charge is 0.333 e. The summed E-state index contributed by atoms with van der Waals surface area (Å²) in [6, 6.07) is 64.2. The summed E-state index contributed by atoms with van der Waals surface area (Å²) < 4.78 is 6.72. The zero-order chi connectivity index (χ0) is 33.9. The fourth-order valence-corrected chi connectivity index (χ4v) is 9.19. The van der Waals surface area contributed by atoms with Crippen LogP contribution >= 0.6 is 0 Å². The maximum absolute atomic E-state index is 6.72. The van der Waals surface area contributed by atoms with Crippen LogP contribution in [0.1, 0.15) is 0 Å². The van der Waals surface area contributed by atoms with Crippen molar-refractivity contribution in [2.24, 2.45) is 0 Å². The fraction of sp³-hybridized carbons (Fsp3) is 0. The number of furan rings is 1. The molecule has 4 heterocycles. The van der Waals surface area contributed by atoms with Gasteiger partial charge in [0.1, 0.15) is 5.58 Å². The molecule has 0 saturated heterocycles. The van der Waals surface area contributed by atoms with Gasteiger partial charge in [0.25, 0.3) is 0 Å². The molecule has 4 heteroatoms. The fourth-order valence-electron chi connectivity index (χ4n) is 9.19. The van der Waals surface area contributed by atoms with E-state index >= 15 is 0 Å². The normalized spacial score (nSPS) is 13.3. The average molecular weight is 661 g/mol. The summed E-state index contributed by atoms with van der Waals surface area (Å²) in [5.74, 6) is 0. The molecule has 3 aliphatic heterocycles. The summed E-state index contributed by atoms with van der Waals surface area (Å²) >= 11 is 0. The van der Waals surface area contributed by atoms with Crippen molar-refractivity contribution in [3.05, 3.63) is 176 Å². The molecule has 240 valence electrons. The summed E-state index contributed by atoms with van der Waals surface area (Å²) in [5.41, 5.74) is 20.3. The summed E-state index contributed by atoms with van der Waals surface area (Å²) in [5, 5.41) is 2.26. The Kier molecular flexibility index (Phi) is 5.58. The van der Waals surface area contributed by atoms with Gasteiger partial charge in [0.15, 0.2) is 5.58 Å². The van der Waals surface area contributed by atoms with Crippen LogP contribution in [-0.4, -0.2) is 6.85 Å². The molecule has 12 rings (SSSR count). The summed E-state index contributed by atoms with van der Waals surface area (Å²) in [4.78, 5) is 5.08. The molecule has 0 atom stereocenters. The SMILES string of the molecule is c1ccc(-c2ccc3c(c2)-c2cccc4c2B2c5c(cccc5N4c4cccc5c4oc4ccccc45)-c4cc(-c5ccccc5)ccc4N23)cc1. The molecular weight excluding hydrogens is 631 g/mol. The van der Waals surface area contributed by atoms with Gasteiger partial charge < -0.3 is 14.1 Å². The lowest BCUT2D eigenvalue weighted by Gasteiger charge is -2.49. The first kappa shape index (κ1) is 28.0. The topological polar surface area (TPSA) is 19.6 Å². The Morgan fingerprint density at radius 3 is 1.50 bits per heavy atom. The van der Waals surface area contributed by atoms with Crippen molar-refractivity contribution in [3.8, 4) is 44.5 Å². The van der Waals surface area contributed by atoms with E-state index in [1.54, 1.807) is 0 Å². The van der Waals surface area contributed by atoms with Crippen LogP contribution in [0.15, 0.2) is 180 Å². The van der Waals surface area contributed by atoms with Crippen molar-refractivity contribution in [1.29, 1.82) is 0 Å². The highest BCUT2D eigenvalue weighted by Crippen LogP contribution is 2.53. The van der Waals surface area contributed by atoms with Gasteiger partial charge in [-0.3, -0.25) is 0 Å². The Balaban J connectivity index is 1.19. The van der Waals surface area contributed by atoms with E-state index in [1.165, 1.54) is 78.2 Å². The van der Waals surface area contributed by atoms with E-state index in [-0.39, 0.29) is 6.85 Å². The van der Waals surface area contributed by atoms with Gasteiger partial charge in [-0.1, -0.05) is 127 Å². The molecule has 9 aromatic rings. The van der Waals surface area contributed by atoms with Crippen LogP contribution < -0.4 is 20.6 Å². The largest absolute Gasteiger partial charge is 0.454 e. The molecule has 3 nitrogen and oxygen atoms in total. The lowest BCUT2D eigenvalue weighted by atomic mass is 9.41. The highest BCUT2D eigenvalue weighted by molar-refractivity contribution is 6.95. The predicted molar refractivity (Wildman–Crippen MR) is 217 cm³/mol. The molecule has 3 aliphatic rings. The number of hydrogen-bond donors (Lipinski definition) is 0. The molecule has 0 fully saturated rings. The molecule has 52 heavy (non-hydrogen) atoms. The van der Waals surface area contributed by atoms with Gasteiger partial charge in [-0.05, 0) is 92.8 Å². The Labute approximate surface area is 301 Å². The van der Waals surface area contributed by atoms with Crippen LogP contribution in [0.3, 0.4) is 0 Å². The van der Waals surface area contributed by atoms with Crippen molar-refractivity contribution in [3.63, 3.8) is 0 Å². The predicted octanol–water partition coefficient (Wildman–Crippen LogP) is 11.6. The van der Waals surface area contributed by atoms with E-state index in [2.05, 4.69) is 180 Å². The van der Waals surface area contributed by atoms with Gasteiger partial charge in [0.2, 0.25) is 0 Å². The molecule has 0 aliphatic carbocycles. The highest BCUT2D eigenvalue weighted by atomic mass is 16.3. The van der Waals surface area contributed by atoms with Gasteiger partial charge >= 0.3 is 6.85 Å². The lowest BCUT2D eigenvalue weighted by molar-refractivity contribution is 0.669. The summed E-state index contributed by atoms with van der Waals surface area (Å²) in [7, 11) is 0. The van der Waals surface area contributed by atoms with E-state index in [0.717, 1.165) is 27.6 Å². The monoisotopic (exact) mass is 660 g/mol. The van der Waals surface area contributed by atoms with Gasteiger partial charge in [-0.25, -0.2) is 0 Å². The Bertz CT molecular complexity index is 2790. The third-order valence-corrected chi connectivity index (χ3v) is 11.4. The van der Waals surface area contributed by atoms with Gasteiger partial charge in [0, 0.05) is 44.6 Å². The van der Waals surface area contributed by atoms with E-state index in [4.69, 9.17) is 4.42 Å². The maximum Gasteiger partial charge on any atom is 0.333 e. The Morgan fingerprint density at radius 2 is 0.885 bits per heavy atom. The van der Waals surface area contributed by atoms with Crippen molar-refractivity contribution in [2.45, 2.75) is 0 Å². The highest BCUT2D eigenvalue weighted by Gasteiger charge is 2.49. The molecule has 0 radical (unpaired) electrons. The maximum atomic E-state index is 6.72. The molecular formula is C48H29BN2O. The minimum Gasteiger partial charge on any atom is -0.454 e. The lowest BCUT2D eigenvalue weighted by Crippen LogP contribution is -2.63. The first-order chi connectivity index (χ1) is 25.8. The first-order valence-corrected chi connectivity index (χ1v) is 18.0.